The molecule has 9 heteroatoms. The van der Waals surface area contributed by atoms with Gasteiger partial charge < -0.3 is 31.4 Å². The van der Waals surface area contributed by atoms with Crippen molar-refractivity contribution in [3.63, 3.8) is 0 Å². The van der Waals surface area contributed by atoms with Gasteiger partial charge in [0.25, 0.3) is 0 Å². The van der Waals surface area contributed by atoms with E-state index in [9.17, 15) is 14.4 Å². The molecule has 0 saturated carbocycles. The maximum atomic E-state index is 11.9. The maximum absolute atomic E-state index is 11.9. The standard InChI is InChI=1S/C23H27N3O6/c1-13(24)21(27)30-18-8-6-16(7-9-18)4-5-17-10-19(31-22(28)14(2)25)12-20(11-17)32-23(29)15(3)26/h4-15H,24-26H2,1-3H3/t13-,14-,15-/m0/s1. The Bertz CT molecular complexity index is 957. The first-order chi connectivity index (χ1) is 15.0. The molecule has 0 bridgehead atoms. The first kappa shape index (κ1) is 24.7. The third-order valence-corrected chi connectivity index (χ3v) is 4.02. The second-order valence-electron chi connectivity index (χ2n) is 7.27. The highest BCUT2D eigenvalue weighted by Crippen LogP contribution is 2.25. The van der Waals surface area contributed by atoms with E-state index < -0.39 is 36.0 Å². The summed E-state index contributed by atoms with van der Waals surface area (Å²) in [6, 6.07) is 9.00. The number of carbonyl (C=O) groups excluding carboxylic acids is 3. The molecule has 2 aromatic rings. The minimum absolute atomic E-state index is 0.167. The van der Waals surface area contributed by atoms with Crippen molar-refractivity contribution in [3.05, 3.63) is 53.6 Å². The van der Waals surface area contributed by atoms with Gasteiger partial charge in [0.15, 0.2) is 0 Å². The Morgan fingerprint density at radius 3 is 1.41 bits per heavy atom. The highest BCUT2D eigenvalue weighted by atomic mass is 16.5. The fourth-order valence-electron chi connectivity index (χ4n) is 2.27. The number of rotatable bonds is 8. The zero-order valence-electron chi connectivity index (χ0n) is 18.1. The molecule has 2 aromatic carbocycles. The summed E-state index contributed by atoms with van der Waals surface area (Å²) in [6.07, 6.45) is 3.51. The zero-order valence-corrected chi connectivity index (χ0v) is 18.1. The summed E-state index contributed by atoms with van der Waals surface area (Å²) >= 11 is 0. The van der Waals surface area contributed by atoms with Gasteiger partial charge in [-0.2, -0.15) is 0 Å². The largest absolute Gasteiger partial charge is 0.425 e. The van der Waals surface area contributed by atoms with Crippen LogP contribution in [0.5, 0.6) is 17.2 Å². The highest BCUT2D eigenvalue weighted by molar-refractivity contribution is 5.80. The van der Waals surface area contributed by atoms with E-state index in [1.807, 2.05) is 0 Å². The van der Waals surface area contributed by atoms with E-state index in [0.29, 0.717) is 11.3 Å². The van der Waals surface area contributed by atoms with Crippen molar-refractivity contribution in [3.8, 4) is 17.2 Å². The molecule has 0 aliphatic carbocycles. The maximum Gasteiger partial charge on any atom is 0.328 e. The van der Waals surface area contributed by atoms with E-state index in [1.165, 1.54) is 19.9 Å². The molecule has 0 unspecified atom stereocenters. The van der Waals surface area contributed by atoms with E-state index >= 15 is 0 Å². The number of hydrogen-bond acceptors (Lipinski definition) is 9. The Morgan fingerprint density at radius 1 is 0.625 bits per heavy atom. The fraction of sp³-hybridized carbons (Fsp3) is 0.261. The predicted molar refractivity (Wildman–Crippen MR) is 120 cm³/mol. The van der Waals surface area contributed by atoms with Crippen molar-refractivity contribution in [1.82, 2.24) is 0 Å². The van der Waals surface area contributed by atoms with Gasteiger partial charge in [-0.3, -0.25) is 0 Å². The summed E-state index contributed by atoms with van der Waals surface area (Å²) in [5.74, 6) is -1.08. The van der Waals surface area contributed by atoms with Gasteiger partial charge in [0.1, 0.15) is 35.4 Å². The van der Waals surface area contributed by atoms with Crippen LogP contribution in [-0.4, -0.2) is 36.0 Å². The van der Waals surface area contributed by atoms with Gasteiger partial charge >= 0.3 is 17.9 Å². The quantitative estimate of drug-likeness (QED) is 0.314. The van der Waals surface area contributed by atoms with Crippen molar-refractivity contribution < 1.29 is 28.6 Å². The van der Waals surface area contributed by atoms with Crippen LogP contribution in [0.2, 0.25) is 0 Å². The summed E-state index contributed by atoms with van der Waals surface area (Å²) in [7, 11) is 0. The Morgan fingerprint density at radius 2 is 1.00 bits per heavy atom. The molecule has 0 amide bonds. The van der Waals surface area contributed by atoms with Crippen molar-refractivity contribution in [1.29, 1.82) is 0 Å². The van der Waals surface area contributed by atoms with Crippen LogP contribution in [0.4, 0.5) is 0 Å². The lowest BCUT2D eigenvalue weighted by molar-refractivity contribution is -0.136. The van der Waals surface area contributed by atoms with Gasteiger partial charge in [-0.15, -0.1) is 0 Å². The zero-order chi connectivity index (χ0) is 23.8. The lowest BCUT2D eigenvalue weighted by Crippen LogP contribution is -2.31. The molecule has 0 radical (unpaired) electrons. The molecule has 0 aromatic heterocycles. The summed E-state index contributed by atoms with van der Waals surface area (Å²) in [6.45, 7) is 4.54. The fourth-order valence-corrected chi connectivity index (χ4v) is 2.27. The van der Waals surface area contributed by atoms with Gasteiger partial charge in [0.2, 0.25) is 0 Å². The topological polar surface area (TPSA) is 157 Å². The van der Waals surface area contributed by atoms with E-state index in [0.717, 1.165) is 5.56 Å². The van der Waals surface area contributed by atoms with E-state index in [4.69, 9.17) is 31.4 Å². The van der Waals surface area contributed by atoms with Crippen molar-refractivity contribution in [2.24, 2.45) is 17.2 Å². The summed E-state index contributed by atoms with van der Waals surface area (Å²) in [5, 5.41) is 0. The van der Waals surface area contributed by atoms with Crippen LogP contribution in [0.25, 0.3) is 12.2 Å². The number of nitrogens with two attached hydrogens (primary N) is 3. The minimum atomic E-state index is -0.820. The summed E-state index contributed by atoms with van der Waals surface area (Å²) in [5.41, 5.74) is 18.0. The van der Waals surface area contributed by atoms with Gasteiger partial charge in [-0.25, -0.2) is 14.4 Å². The monoisotopic (exact) mass is 441 g/mol. The molecule has 0 fully saturated rings. The van der Waals surface area contributed by atoms with Crippen LogP contribution >= 0.6 is 0 Å². The molecule has 0 heterocycles. The Labute approximate surface area is 186 Å². The lowest BCUT2D eigenvalue weighted by atomic mass is 10.1. The minimum Gasteiger partial charge on any atom is -0.425 e. The molecule has 0 saturated heterocycles. The average molecular weight is 441 g/mol. The predicted octanol–water partition coefficient (Wildman–Crippen LogP) is 1.61. The lowest BCUT2D eigenvalue weighted by Gasteiger charge is -2.11. The third kappa shape index (κ3) is 7.62. The molecule has 9 nitrogen and oxygen atoms in total. The molecule has 3 atom stereocenters. The van der Waals surface area contributed by atoms with Gasteiger partial charge in [0.05, 0.1) is 0 Å². The normalized spacial score (nSPS) is 13.8. The molecular formula is C23H27N3O6. The van der Waals surface area contributed by atoms with E-state index in [-0.39, 0.29) is 11.5 Å². The summed E-state index contributed by atoms with van der Waals surface area (Å²) in [4.78, 5) is 35.3. The molecule has 6 N–H and O–H groups in total. The first-order valence-electron chi connectivity index (χ1n) is 9.90. The molecule has 0 aliphatic heterocycles. The SMILES string of the molecule is C[C@H](N)C(=O)Oc1ccc(C=Cc2cc(OC(=O)[C@H](C)N)cc(OC(=O)[C@H](C)N)c2)cc1. The Hall–Kier alpha value is -3.53. The smallest absolute Gasteiger partial charge is 0.328 e. The van der Waals surface area contributed by atoms with Crippen LogP contribution in [0, 0.1) is 0 Å². The second kappa shape index (κ2) is 11.2. The molecule has 170 valence electrons. The average Bonchev–Trinajstić information content (AvgIpc) is 2.72. The van der Waals surface area contributed by atoms with Crippen LogP contribution < -0.4 is 31.4 Å². The van der Waals surface area contributed by atoms with Crippen LogP contribution in [0.15, 0.2) is 42.5 Å². The van der Waals surface area contributed by atoms with Crippen molar-refractivity contribution in [2.75, 3.05) is 0 Å². The Kier molecular flexibility index (Phi) is 8.65. The number of ether oxygens (including phenoxy) is 3. The van der Waals surface area contributed by atoms with Crippen molar-refractivity contribution in [2.45, 2.75) is 38.9 Å². The van der Waals surface area contributed by atoms with Crippen molar-refractivity contribution >= 4 is 30.1 Å². The molecule has 0 aliphatic rings. The number of carbonyl (C=O) groups is 3. The first-order valence-corrected chi connectivity index (χ1v) is 9.90. The molecule has 2 rings (SSSR count). The van der Waals surface area contributed by atoms with Gasteiger partial charge in [0, 0.05) is 6.07 Å². The molecule has 32 heavy (non-hydrogen) atoms. The number of hydrogen-bond donors (Lipinski definition) is 3. The Balaban J connectivity index is 2.24. The van der Waals surface area contributed by atoms with Gasteiger partial charge in [-0.05, 0) is 56.2 Å². The second-order valence-corrected chi connectivity index (χ2v) is 7.27. The van der Waals surface area contributed by atoms with E-state index in [1.54, 1.807) is 55.5 Å². The number of esters is 3. The van der Waals surface area contributed by atoms with E-state index in [2.05, 4.69) is 0 Å². The third-order valence-electron chi connectivity index (χ3n) is 4.02. The van der Waals surface area contributed by atoms with Gasteiger partial charge in [-0.1, -0.05) is 24.3 Å². The highest BCUT2D eigenvalue weighted by Gasteiger charge is 2.15. The molecule has 0 spiro atoms. The van der Waals surface area contributed by atoms with Crippen LogP contribution in [0.3, 0.4) is 0 Å². The number of benzene rings is 2. The van der Waals surface area contributed by atoms with Crippen LogP contribution in [-0.2, 0) is 14.4 Å². The summed E-state index contributed by atoms with van der Waals surface area (Å²) < 4.78 is 15.6. The molecular weight excluding hydrogens is 414 g/mol. The van der Waals surface area contributed by atoms with Crippen LogP contribution in [0.1, 0.15) is 31.9 Å².